The SMILES string of the molecule is CCOC(=O)c1ccccc1NC(=O)COC(=O)[C@@H](C)Sc1ccccc1. The number of hydrogen-bond acceptors (Lipinski definition) is 6. The molecule has 1 N–H and O–H groups in total. The van der Waals surface area contributed by atoms with E-state index in [9.17, 15) is 14.4 Å². The molecule has 0 bridgehead atoms. The molecule has 0 spiro atoms. The summed E-state index contributed by atoms with van der Waals surface area (Å²) in [6, 6.07) is 15.9. The van der Waals surface area contributed by atoms with Crippen LogP contribution in [0.3, 0.4) is 0 Å². The molecule has 2 aromatic rings. The lowest BCUT2D eigenvalue weighted by Crippen LogP contribution is -2.25. The average molecular weight is 387 g/mol. The predicted octanol–water partition coefficient (Wildman–Crippen LogP) is 3.53. The van der Waals surface area contributed by atoms with Crippen molar-refractivity contribution in [3.05, 3.63) is 60.2 Å². The first-order valence-corrected chi connectivity index (χ1v) is 9.33. The van der Waals surface area contributed by atoms with Crippen LogP contribution in [0.4, 0.5) is 5.69 Å². The summed E-state index contributed by atoms with van der Waals surface area (Å²) in [5.41, 5.74) is 0.552. The van der Waals surface area contributed by atoms with Crippen molar-refractivity contribution in [2.75, 3.05) is 18.5 Å². The van der Waals surface area contributed by atoms with Crippen molar-refractivity contribution >= 4 is 35.3 Å². The fourth-order valence-corrected chi connectivity index (χ4v) is 3.06. The van der Waals surface area contributed by atoms with Crippen LogP contribution >= 0.6 is 11.8 Å². The highest BCUT2D eigenvalue weighted by atomic mass is 32.2. The summed E-state index contributed by atoms with van der Waals surface area (Å²) >= 11 is 1.35. The van der Waals surface area contributed by atoms with E-state index in [0.717, 1.165) is 4.90 Å². The third-order valence-corrected chi connectivity index (χ3v) is 4.52. The van der Waals surface area contributed by atoms with Gasteiger partial charge in [-0.3, -0.25) is 9.59 Å². The second-order valence-corrected chi connectivity index (χ2v) is 6.91. The summed E-state index contributed by atoms with van der Waals surface area (Å²) in [6.07, 6.45) is 0. The zero-order valence-corrected chi connectivity index (χ0v) is 16.0. The second kappa shape index (κ2) is 10.4. The lowest BCUT2D eigenvalue weighted by Gasteiger charge is -2.12. The summed E-state index contributed by atoms with van der Waals surface area (Å²) in [4.78, 5) is 37.0. The van der Waals surface area contributed by atoms with Gasteiger partial charge >= 0.3 is 11.9 Å². The Morgan fingerprint density at radius 1 is 1.00 bits per heavy atom. The van der Waals surface area contributed by atoms with E-state index in [1.807, 2.05) is 30.3 Å². The van der Waals surface area contributed by atoms with Crippen LogP contribution in [0, 0.1) is 0 Å². The van der Waals surface area contributed by atoms with Crippen molar-refractivity contribution in [1.82, 2.24) is 0 Å². The van der Waals surface area contributed by atoms with E-state index in [2.05, 4.69) is 5.32 Å². The first-order valence-electron chi connectivity index (χ1n) is 8.45. The maximum atomic E-state index is 12.1. The van der Waals surface area contributed by atoms with E-state index < -0.39 is 29.7 Å². The fourth-order valence-electron chi connectivity index (χ4n) is 2.17. The highest BCUT2D eigenvalue weighted by molar-refractivity contribution is 8.00. The van der Waals surface area contributed by atoms with Crippen LogP contribution in [0.15, 0.2) is 59.5 Å². The molecule has 1 atom stereocenters. The zero-order chi connectivity index (χ0) is 19.6. The van der Waals surface area contributed by atoms with Gasteiger partial charge in [-0.25, -0.2) is 4.79 Å². The second-order valence-electron chi connectivity index (χ2n) is 5.50. The molecule has 0 aromatic heterocycles. The molecule has 0 unspecified atom stereocenters. The van der Waals surface area contributed by atoms with Crippen LogP contribution in [0.25, 0.3) is 0 Å². The van der Waals surface area contributed by atoms with E-state index in [1.165, 1.54) is 11.8 Å². The molecule has 0 saturated heterocycles. The number of rotatable bonds is 8. The zero-order valence-electron chi connectivity index (χ0n) is 15.1. The first-order chi connectivity index (χ1) is 13.0. The molecule has 0 aliphatic heterocycles. The largest absolute Gasteiger partial charge is 0.462 e. The molecule has 0 aliphatic carbocycles. The minimum Gasteiger partial charge on any atom is -0.462 e. The molecule has 0 heterocycles. The van der Waals surface area contributed by atoms with E-state index in [-0.39, 0.29) is 12.2 Å². The number of hydrogen-bond donors (Lipinski definition) is 1. The summed E-state index contributed by atoms with van der Waals surface area (Å²) in [5, 5.41) is 2.12. The van der Waals surface area contributed by atoms with E-state index in [0.29, 0.717) is 5.69 Å². The van der Waals surface area contributed by atoms with Gasteiger partial charge < -0.3 is 14.8 Å². The predicted molar refractivity (Wildman–Crippen MR) is 104 cm³/mol. The van der Waals surface area contributed by atoms with Gasteiger partial charge in [0.1, 0.15) is 5.25 Å². The lowest BCUT2D eigenvalue weighted by molar-refractivity contribution is -0.146. The molecular weight excluding hydrogens is 366 g/mol. The molecule has 2 rings (SSSR count). The Morgan fingerprint density at radius 2 is 1.67 bits per heavy atom. The number of amides is 1. The monoisotopic (exact) mass is 387 g/mol. The summed E-state index contributed by atoms with van der Waals surface area (Å²) < 4.78 is 10.0. The number of anilines is 1. The number of ether oxygens (including phenoxy) is 2. The van der Waals surface area contributed by atoms with Crippen molar-refractivity contribution in [1.29, 1.82) is 0 Å². The van der Waals surface area contributed by atoms with Gasteiger partial charge in [-0.1, -0.05) is 30.3 Å². The van der Waals surface area contributed by atoms with Gasteiger partial charge in [-0.05, 0) is 38.1 Å². The van der Waals surface area contributed by atoms with E-state index >= 15 is 0 Å². The van der Waals surface area contributed by atoms with Crippen LogP contribution in [0.5, 0.6) is 0 Å². The van der Waals surface area contributed by atoms with Crippen LogP contribution in [0.2, 0.25) is 0 Å². The topological polar surface area (TPSA) is 81.7 Å². The standard InChI is InChI=1S/C20H21NO5S/c1-3-25-20(24)16-11-7-8-12-17(16)21-18(22)13-26-19(23)14(2)27-15-9-5-4-6-10-15/h4-12,14H,3,13H2,1-2H3,(H,21,22)/t14-/m1/s1. The average Bonchev–Trinajstić information content (AvgIpc) is 2.67. The molecule has 7 heteroatoms. The molecule has 0 saturated carbocycles. The van der Waals surface area contributed by atoms with Crippen LogP contribution in [-0.4, -0.2) is 36.3 Å². The highest BCUT2D eigenvalue weighted by Gasteiger charge is 2.18. The van der Waals surface area contributed by atoms with E-state index in [4.69, 9.17) is 9.47 Å². The van der Waals surface area contributed by atoms with Gasteiger partial charge in [0.2, 0.25) is 0 Å². The van der Waals surface area contributed by atoms with Gasteiger partial charge in [-0.2, -0.15) is 0 Å². The van der Waals surface area contributed by atoms with Gasteiger partial charge in [0, 0.05) is 4.90 Å². The first kappa shape index (κ1) is 20.5. The van der Waals surface area contributed by atoms with Crippen molar-refractivity contribution in [3.63, 3.8) is 0 Å². The van der Waals surface area contributed by atoms with E-state index in [1.54, 1.807) is 38.1 Å². The molecule has 27 heavy (non-hydrogen) atoms. The summed E-state index contributed by atoms with van der Waals surface area (Å²) in [7, 11) is 0. The molecule has 2 aromatic carbocycles. The number of thioether (sulfide) groups is 1. The number of nitrogens with one attached hydrogen (secondary N) is 1. The molecule has 1 amide bonds. The quantitative estimate of drug-likeness (QED) is 0.551. The third-order valence-electron chi connectivity index (χ3n) is 3.43. The summed E-state index contributed by atoms with van der Waals surface area (Å²) in [6.45, 7) is 3.21. The molecular formula is C20H21NO5S. The molecule has 0 fully saturated rings. The smallest absolute Gasteiger partial charge is 0.340 e. The van der Waals surface area contributed by atoms with Gasteiger partial charge in [-0.15, -0.1) is 11.8 Å². The van der Waals surface area contributed by atoms with Crippen LogP contribution in [0.1, 0.15) is 24.2 Å². The lowest BCUT2D eigenvalue weighted by atomic mass is 10.2. The Kier molecular flexibility index (Phi) is 7.88. The fraction of sp³-hybridized carbons (Fsp3) is 0.250. The maximum Gasteiger partial charge on any atom is 0.340 e. The Balaban J connectivity index is 1.87. The maximum absolute atomic E-state index is 12.1. The summed E-state index contributed by atoms with van der Waals surface area (Å²) in [5.74, 6) is -1.55. The van der Waals surface area contributed by atoms with Gasteiger partial charge in [0.05, 0.1) is 17.9 Å². The number of esters is 2. The van der Waals surface area contributed by atoms with Crippen molar-refractivity contribution < 1.29 is 23.9 Å². The van der Waals surface area contributed by atoms with Gasteiger partial charge in [0.25, 0.3) is 5.91 Å². The molecule has 0 aliphatic rings. The number of carbonyl (C=O) groups is 3. The Morgan fingerprint density at radius 3 is 2.37 bits per heavy atom. The Hall–Kier alpha value is -2.80. The van der Waals surface area contributed by atoms with Crippen LogP contribution < -0.4 is 5.32 Å². The molecule has 6 nitrogen and oxygen atoms in total. The normalized spacial score (nSPS) is 11.3. The van der Waals surface area contributed by atoms with Crippen molar-refractivity contribution in [2.45, 2.75) is 24.0 Å². The van der Waals surface area contributed by atoms with Crippen LogP contribution in [-0.2, 0) is 19.1 Å². The van der Waals surface area contributed by atoms with Crippen molar-refractivity contribution in [2.24, 2.45) is 0 Å². The highest BCUT2D eigenvalue weighted by Crippen LogP contribution is 2.23. The Labute approximate surface area is 162 Å². The number of para-hydroxylation sites is 1. The van der Waals surface area contributed by atoms with Gasteiger partial charge in [0.15, 0.2) is 6.61 Å². The van der Waals surface area contributed by atoms with Crippen molar-refractivity contribution in [3.8, 4) is 0 Å². The minimum absolute atomic E-state index is 0.232. The molecule has 142 valence electrons. The Bertz CT molecular complexity index is 794. The third kappa shape index (κ3) is 6.45. The number of carbonyl (C=O) groups excluding carboxylic acids is 3. The number of benzene rings is 2. The minimum atomic E-state index is -0.531. The molecule has 0 radical (unpaired) electrons.